The quantitative estimate of drug-likeness (QED) is 0.640. The molecular formula is C20H28N6O2S2. The smallest absolute Gasteiger partial charge is 0.226 e. The zero-order chi connectivity index (χ0) is 20.8. The minimum Gasteiger partial charge on any atom is -0.301 e. The number of carbonyl (C=O) groups excluding carboxylic acids is 2. The number of amides is 2. The standard InChI is InChI=1S/C13H19N3OS.C7H9N3OS/c17-11(8-9-6-7-9)14-13-16-15-12(18-13)10-4-2-1-3-5-10;11-6(3-5-1-2-5)9-7-10-8-4-12-7/h9-10H,1-8H2,(H,14,16,17);4-5H,1-3H2,(H,9,10,11). The lowest BCUT2D eigenvalue weighted by atomic mass is 9.90. The highest BCUT2D eigenvalue weighted by Crippen LogP contribution is 2.36. The van der Waals surface area contributed by atoms with Gasteiger partial charge in [-0.3, -0.25) is 9.59 Å². The van der Waals surface area contributed by atoms with Gasteiger partial charge in [-0.2, -0.15) is 0 Å². The maximum Gasteiger partial charge on any atom is 0.226 e. The summed E-state index contributed by atoms with van der Waals surface area (Å²) in [5.41, 5.74) is 1.60. The Labute approximate surface area is 184 Å². The first kappa shape index (κ1) is 21.3. The van der Waals surface area contributed by atoms with Gasteiger partial charge in [0.1, 0.15) is 10.5 Å². The Morgan fingerprint density at radius 3 is 2.03 bits per heavy atom. The lowest BCUT2D eigenvalue weighted by Crippen LogP contribution is -2.11. The van der Waals surface area contributed by atoms with E-state index in [0.717, 1.165) is 5.01 Å². The Morgan fingerprint density at radius 1 is 0.833 bits per heavy atom. The van der Waals surface area contributed by atoms with Crippen LogP contribution in [0.5, 0.6) is 0 Å². The van der Waals surface area contributed by atoms with Crippen LogP contribution in [0.25, 0.3) is 0 Å². The van der Waals surface area contributed by atoms with E-state index in [0.29, 0.717) is 40.9 Å². The lowest BCUT2D eigenvalue weighted by Gasteiger charge is -2.18. The second-order valence-electron chi connectivity index (χ2n) is 8.42. The number of carbonyl (C=O) groups is 2. The van der Waals surface area contributed by atoms with Crippen LogP contribution in [-0.4, -0.2) is 32.2 Å². The van der Waals surface area contributed by atoms with Gasteiger partial charge in [0.05, 0.1) is 0 Å². The van der Waals surface area contributed by atoms with Crippen LogP contribution in [0.1, 0.15) is 81.6 Å². The third-order valence-corrected chi connectivity index (χ3v) is 7.20. The molecule has 0 atom stereocenters. The Bertz CT molecular complexity index is 826. The van der Waals surface area contributed by atoms with Crippen LogP contribution in [0.2, 0.25) is 0 Å². The number of nitrogens with zero attached hydrogens (tertiary/aromatic N) is 4. The number of nitrogens with one attached hydrogen (secondary N) is 2. The molecule has 2 aromatic heterocycles. The molecule has 30 heavy (non-hydrogen) atoms. The number of hydrogen-bond donors (Lipinski definition) is 2. The van der Waals surface area contributed by atoms with E-state index < -0.39 is 0 Å². The molecule has 0 aromatic carbocycles. The van der Waals surface area contributed by atoms with E-state index in [4.69, 9.17) is 0 Å². The molecule has 3 aliphatic carbocycles. The van der Waals surface area contributed by atoms with E-state index >= 15 is 0 Å². The minimum absolute atomic E-state index is 0.0641. The predicted molar refractivity (Wildman–Crippen MR) is 118 cm³/mol. The fourth-order valence-electron chi connectivity index (χ4n) is 3.54. The highest BCUT2D eigenvalue weighted by molar-refractivity contribution is 7.15. The Hall–Kier alpha value is -1.94. The van der Waals surface area contributed by atoms with Crippen LogP contribution in [0.4, 0.5) is 10.3 Å². The van der Waals surface area contributed by atoms with E-state index in [1.54, 1.807) is 16.8 Å². The lowest BCUT2D eigenvalue weighted by molar-refractivity contribution is -0.117. The van der Waals surface area contributed by atoms with Gasteiger partial charge in [0, 0.05) is 18.8 Å². The molecule has 3 fully saturated rings. The number of aromatic nitrogens is 4. The molecule has 5 rings (SSSR count). The van der Waals surface area contributed by atoms with Crippen molar-refractivity contribution in [2.75, 3.05) is 10.6 Å². The van der Waals surface area contributed by atoms with Crippen LogP contribution in [0.15, 0.2) is 5.51 Å². The molecule has 2 heterocycles. The van der Waals surface area contributed by atoms with Crippen LogP contribution >= 0.6 is 22.7 Å². The van der Waals surface area contributed by atoms with Crippen LogP contribution in [0, 0.1) is 11.8 Å². The van der Waals surface area contributed by atoms with Gasteiger partial charge in [-0.15, -0.1) is 20.4 Å². The molecule has 0 spiro atoms. The number of anilines is 2. The molecule has 3 aliphatic rings. The Kier molecular flexibility index (Phi) is 7.37. The van der Waals surface area contributed by atoms with Gasteiger partial charge in [-0.1, -0.05) is 41.9 Å². The predicted octanol–water partition coefficient (Wildman–Crippen LogP) is 4.60. The SMILES string of the molecule is O=C(CC1CC1)Nc1nnc(C2CCCCC2)s1.O=C(CC1CC1)Nc1nncs1. The number of hydrogen-bond acceptors (Lipinski definition) is 8. The summed E-state index contributed by atoms with van der Waals surface area (Å²) in [6, 6.07) is 0. The third kappa shape index (κ3) is 7.09. The molecule has 0 radical (unpaired) electrons. The first-order chi connectivity index (χ1) is 14.7. The van der Waals surface area contributed by atoms with E-state index in [1.807, 2.05) is 0 Å². The van der Waals surface area contributed by atoms with Crippen molar-refractivity contribution in [3.05, 3.63) is 10.5 Å². The van der Waals surface area contributed by atoms with Crippen LogP contribution < -0.4 is 10.6 Å². The van der Waals surface area contributed by atoms with E-state index in [-0.39, 0.29) is 11.8 Å². The van der Waals surface area contributed by atoms with Crippen molar-refractivity contribution in [1.29, 1.82) is 0 Å². The minimum atomic E-state index is 0.0641. The van der Waals surface area contributed by atoms with Crippen molar-refractivity contribution < 1.29 is 9.59 Å². The van der Waals surface area contributed by atoms with Crippen LogP contribution in [0.3, 0.4) is 0 Å². The molecular weight excluding hydrogens is 420 g/mol. The van der Waals surface area contributed by atoms with Crippen molar-refractivity contribution >= 4 is 44.8 Å². The molecule has 162 valence electrons. The maximum atomic E-state index is 11.7. The molecule has 0 saturated heterocycles. The summed E-state index contributed by atoms with van der Waals surface area (Å²) in [5, 5.41) is 23.6. The summed E-state index contributed by atoms with van der Waals surface area (Å²) < 4.78 is 0. The van der Waals surface area contributed by atoms with Gasteiger partial charge in [-0.25, -0.2) is 0 Å². The topological polar surface area (TPSA) is 110 Å². The first-order valence-electron chi connectivity index (χ1n) is 10.8. The van der Waals surface area contributed by atoms with Gasteiger partial charge in [-0.05, 0) is 50.4 Å². The maximum absolute atomic E-state index is 11.7. The first-order valence-corrected chi connectivity index (χ1v) is 12.5. The van der Waals surface area contributed by atoms with Crippen molar-refractivity contribution in [2.45, 2.75) is 76.5 Å². The van der Waals surface area contributed by atoms with Crippen molar-refractivity contribution in [2.24, 2.45) is 11.8 Å². The van der Waals surface area contributed by atoms with E-state index in [1.165, 1.54) is 69.1 Å². The fourth-order valence-corrected chi connectivity index (χ4v) is 4.93. The van der Waals surface area contributed by atoms with E-state index in [9.17, 15) is 9.59 Å². The molecule has 3 saturated carbocycles. The molecule has 2 N–H and O–H groups in total. The molecule has 8 nitrogen and oxygen atoms in total. The van der Waals surface area contributed by atoms with E-state index in [2.05, 4.69) is 31.0 Å². The average molecular weight is 449 g/mol. The van der Waals surface area contributed by atoms with Gasteiger partial charge >= 0.3 is 0 Å². The molecule has 0 unspecified atom stereocenters. The Morgan fingerprint density at radius 2 is 1.47 bits per heavy atom. The molecule has 2 amide bonds. The zero-order valence-corrected chi connectivity index (χ0v) is 18.6. The zero-order valence-electron chi connectivity index (χ0n) is 17.0. The summed E-state index contributed by atoms with van der Waals surface area (Å²) >= 11 is 2.91. The summed E-state index contributed by atoms with van der Waals surface area (Å²) in [6.07, 6.45) is 12.5. The normalized spacial score (nSPS) is 18.9. The molecule has 10 heteroatoms. The third-order valence-electron chi connectivity index (χ3n) is 5.59. The van der Waals surface area contributed by atoms with Gasteiger partial charge < -0.3 is 10.6 Å². The van der Waals surface area contributed by atoms with Crippen LogP contribution in [-0.2, 0) is 9.59 Å². The summed E-state index contributed by atoms with van der Waals surface area (Å²) in [5.74, 6) is 1.98. The second-order valence-corrected chi connectivity index (χ2v) is 10.3. The average Bonchev–Trinajstić information content (AvgIpc) is 3.63. The molecule has 0 aliphatic heterocycles. The molecule has 2 aromatic rings. The fraction of sp³-hybridized carbons (Fsp3) is 0.700. The van der Waals surface area contributed by atoms with Crippen molar-refractivity contribution in [3.63, 3.8) is 0 Å². The van der Waals surface area contributed by atoms with Crippen molar-refractivity contribution in [3.8, 4) is 0 Å². The Balaban J connectivity index is 0.000000158. The van der Waals surface area contributed by atoms with Gasteiger partial charge in [0.15, 0.2) is 0 Å². The largest absolute Gasteiger partial charge is 0.301 e. The summed E-state index contributed by atoms with van der Waals surface area (Å²) in [7, 11) is 0. The monoisotopic (exact) mass is 448 g/mol. The summed E-state index contributed by atoms with van der Waals surface area (Å²) in [4.78, 5) is 22.9. The van der Waals surface area contributed by atoms with Gasteiger partial charge in [0.25, 0.3) is 0 Å². The highest BCUT2D eigenvalue weighted by Gasteiger charge is 2.26. The second kappa shape index (κ2) is 10.4. The van der Waals surface area contributed by atoms with Crippen molar-refractivity contribution in [1.82, 2.24) is 20.4 Å². The number of rotatable bonds is 7. The molecule has 0 bridgehead atoms. The summed E-state index contributed by atoms with van der Waals surface area (Å²) in [6.45, 7) is 0. The highest BCUT2D eigenvalue weighted by atomic mass is 32.1. The van der Waals surface area contributed by atoms with Gasteiger partial charge in [0.2, 0.25) is 22.1 Å².